The molecule has 3 aromatic rings. The number of hydrogen-bond donors (Lipinski definition) is 1. The molecule has 0 atom stereocenters. The summed E-state index contributed by atoms with van der Waals surface area (Å²) >= 11 is 11.9. The molecule has 1 N–H and O–H groups in total. The molecular formula is C18H15Cl2N3O. The van der Waals surface area contributed by atoms with Gasteiger partial charge in [0.25, 0.3) is 0 Å². The third-order valence-electron chi connectivity index (χ3n) is 3.85. The van der Waals surface area contributed by atoms with Crippen LogP contribution >= 0.6 is 23.2 Å². The first-order valence-corrected chi connectivity index (χ1v) is 8.07. The van der Waals surface area contributed by atoms with Gasteiger partial charge in [-0.3, -0.25) is 10.2 Å². The van der Waals surface area contributed by atoms with E-state index in [1.807, 2.05) is 43.6 Å². The second kappa shape index (κ2) is 6.67. The van der Waals surface area contributed by atoms with Crippen LogP contribution in [0.5, 0.6) is 0 Å². The number of rotatable bonds is 4. The lowest BCUT2D eigenvalue weighted by atomic mass is 10.1. The number of hydrogen-bond acceptors (Lipinski definition) is 2. The van der Waals surface area contributed by atoms with Crippen molar-refractivity contribution in [2.45, 2.75) is 6.54 Å². The topological polar surface area (TPSA) is 50.8 Å². The number of carbonyl (C=O) groups excluding carboxylic acids is 1. The minimum atomic E-state index is -0.128. The molecule has 4 nitrogen and oxygen atoms in total. The van der Waals surface area contributed by atoms with E-state index in [9.17, 15) is 4.79 Å². The van der Waals surface area contributed by atoms with Crippen molar-refractivity contribution < 1.29 is 4.79 Å². The minimum Gasteiger partial charge on any atom is -0.314 e. The maximum atomic E-state index is 12.5. The molecule has 1 heterocycles. The summed E-state index contributed by atoms with van der Waals surface area (Å²) in [7, 11) is 1.81. The zero-order valence-corrected chi connectivity index (χ0v) is 14.5. The lowest BCUT2D eigenvalue weighted by Crippen LogP contribution is -2.25. The van der Waals surface area contributed by atoms with Crippen LogP contribution in [-0.4, -0.2) is 14.9 Å². The fraction of sp³-hybridized carbons (Fsp3) is 0.111. The summed E-state index contributed by atoms with van der Waals surface area (Å²) in [5.41, 5.74) is 2.60. The van der Waals surface area contributed by atoms with E-state index in [1.54, 1.807) is 27.3 Å². The summed E-state index contributed by atoms with van der Waals surface area (Å²) in [5.74, 6) is -0.128. The molecule has 6 heteroatoms. The van der Waals surface area contributed by atoms with Gasteiger partial charge in [-0.05, 0) is 23.8 Å². The van der Waals surface area contributed by atoms with E-state index in [1.165, 1.54) is 0 Å². The van der Waals surface area contributed by atoms with Gasteiger partial charge in [0.15, 0.2) is 5.78 Å². The van der Waals surface area contributed by atoms with Crippen LogP contribution in [0.15, 0.2) is 54.7 Å². The van der Waals surface area contributed by atoms with Crippen molar-refractivity contribution in [2.24, 2.45) is 7.05 Å². The Hall–Kier alpha value is -2.30. The van der Waals surface area contributed by atoms with E-state index < -0.39 is 0 Å². The van der Waals surface area contributed by atoms with Gasteiger partial charge in [0, 0.05) is 18.8 Å². The normalized spacial score (nSPS) is 10.8. The number of aromatic nitrogens is 2. The predicted octanol–water partition coefficient (Wildman–Crippen LogP) is 4.16. The molecular weight excluding hydrogens is 345 g/mol. The standard InChI is InChI=1S/C18H15Cl2N3O/c1-22-16(12-5-3-2-4-6-12)10-23(18(22)21)11-17(24)13-7-8-14(19)15(20)9-13/h2-10,21H,11H2,1H3. The van der Waals surface area contributed by atoms with Gasteiger partial charge in [0.2, 0.25) is 5.62 Å². The number of benzene rings is 2. The molecule has 2 aromatic carbocycles. The molecule has 0 bridgehead atoms. The van der Waals surface area contributed by atoms with Crippen molar-refractivity contribution in [1.29, 1.82) is 5.41 Å². The number of carbonyl (C=O) groups is 1. The number of Topliss-reactive ketones (excluding diaryl/α,β-unsaturated/α-hetero) is 1. The molecule has 0 unspecified atom stereocenters. The average Bonchev–Trinajstić information content (AvgIpc) is 2.86. The van der Waals surface area contributed by atoms with Crippen LogP contribution in [0.25, 0.3) is 11.3 Å². The Morgan fingerprint density at radius 2 is 1.79 bits per heavy atom. The zero-order valence-electron chi connectivity index (χ0n) is 13.0. The lowest BCUT2D eigenvalue weighted by Gasteiger charge is -2.04. The van der Waals surface area contributed by atoms with Crippen LogP contribution in [-0.2, 0) is 13.6 Å². The summed E-state index contributed by atoms with van der Waals surface area (Å²) < 4.78 is 3.37. The van der Waals surface area contributed by atoms with Crippen molar-refractivity contribution in [3.8, 4) is 11.3 Å². The second-order valence-electron chi connectivity index (χ2n) is 5.44. The van der Waals surface area contributed by atoms with Gasteiger partial charge >= 0.3 is 0 Å². The van der Waals surface area contributed by atoms with Crippen molar-refractivity contribution in [2.75, 3.05) is 0 Å². The number of nitrogens with one attached hydrogen (secondary N) is 1. The van der Waals surface area contributed by atoms with E-state index in [0.29, 0.717) is 15.6 Å². The molecule has 0 radical (unpaired) electrons. The van der Waals surface area contributed by atoms with Gasteiger partial charge in [0.05, 0.1) is 22.3 Å². The van der Waals surface area contributed by atoms with Gasteiger partial charge in [-0.15, -0.1) is 0 Å². The van der Waals surface area contributed by atoms with Crippen LogP contribution in [0.4, 0.5) is 0 Å². The molecule has 122 valence electrons. The van der Waals surface area contributed by atoms with Crippen LogP contribution in [0, 0.1) is 5.41 Å². The van der Waals surface area contributed by atoms with E-state index in [0.717, 1.165) is 11.3 Å². The summed E-state index contributed by atoms with van der Waals surface area (Å²) in [6, 6.07) is 14.6. The Morgan fingerprint density at radius 1 is 1.08 bits per heavy atom. The molecule has 0 saturated carbocycles. The largest absolute Gasteiger partial charge is 0.314 e. The van der Waals surface area contributed by atoms with Crippen molar-refractivity contribution in [3.63, 3.8) is 0 Å². The van der Waals surface area contributed by atoms with E-state index in [2.05, 4.69) is 0 Å². The zero-order chi connectivity index (χ0) is 17.3. The fourth-order valence-electron chi connectivity index (χ4n) is 2.52. The SMILES string of the molecule is Cn1c(-c2ccccc2)cn(CC(=O)c2ccc(Cl)c(Cl)c2)c1=N. The van der Waals surface area contributed by atoms with Crippen LogP contribution < -0.4 is 5.62 Å². The highest BCUT2D eigenvalue weighted by atomic mass is 35.5. The molecule has 0 aliphatic carbocycles. The second-order valence-corrected chi connectivity index (χ2v) is 6.26. The Balaban J connectivity index is 1.92. The minimum absolute atomic E-state index is 0.0669. The first-order valence-electron chi connectivity index (χ1n) is 7.32. The van der Waals surface area contributed by atoms with Crippen molar-refractivity contribution in [1.82, 2.24) is 9.13 Å². The Bertz CT molecular complexity index is 958. The molecule has 0 saturated heterocycles. The van der Waals surface area contributed by atoms with Crippen LogP contribution in [0.2, 0.25) is 10.0 Å². The number of imidazole rings is 1. The van der Waals surface area contributed by atoms with E-state index >= 15 is 0 Å². The molecule has 0 amide bonds. The van der Waals surface area contributed by atoms with Gasteiger partial charge in [0.1, 0.15) is 0 Å². The summed E-state index contributed by atoms with van der Waals surface area (Å²) in [5, 5.41) is 8.98. The third-order valence-corrected chi connectivity index (χ3v) is 4.59. The van der Waals surface area contributed by atoms with E-state index in [4.69, 9.17) is 28.6 Å². The fourth-order valence-corrected chi connectivity index (χ4v) is 2.81. The quantitative estimate of drug-likeness (QED) is 0.698. The highest BCUT2D eigenvalue weighted by molar-refractivity contribution is 6.42. The van der Waals surface area contributed by atoms with Gasteiger partial charge in [-0.1, -0.05) is 53.5 Å². The third kappa shape index (κ3) is 3.16. The Morgan fingerprint density at radius 3 is 2.46 bits per heavy atom. The smallest absolute Gasteiger partial charge is 0.202 e. The average molecular weight is 360 g/mol. The van der Waals surface area contributed by atoms with Gasteiger partial charge in [-0.2, -0.15) is 0 Å². The first-order chi connectivity index (χ1) is 11.5. The highest BCUT2D eigenvalue weighted by Crippen LogP contribution is 2.23. The monoisotopic (exact) mass is 359 g/mol. The highest BCUT2D eigenvalue weighted by Gasteiger charge is 2.13. The molecule has 0 fully saturated rings. The van der Waals surface area contributed by atoms with Crippen LogP contribution in [0.3, 0.4) is 0 Å². The maximum Gasteiger partial charge on any atom is 0.202 e. The number of halogens is 2. The van der Waals surface area contributed by atoms with Crippen LogP contribution in [0.1, 0.15) is 10.4 Å². The van der Waals surface area contributed by atoms with Crippen molar-refractivity contribution in [3.05, 3.63) is 76.0 Å². The number of ketones is 1. The molecule has 24 heavy (non-hydrogen) atoms. The molecule has 0 spiro atoms. The molecule has 0 aliphatic heterocycles. The summed E-state index contributed by atoms with van der Waals surface area (Å²) in [4.78, 5) is 12.5. The first kappa shape index (κ1) is 16.6. The summed E-state index contributed by atoms with van der Waals surface area (Å²) in [6.45, 7) is 0.0669. The molecule has 0 aliphatic rings. The summed E-state index contributed by atoms with van der Waals surface area (Å²) in [6.07, 6.45) is 1.81. The van der Waals surface area contributed by atoms with Crippen molar-refractivity contribution >= 4 is 29.0 Å². The maximum absolute atomic E-state index is 12.5. The Kier molecular flexibility index (Phi) is 4.60. The van der Waals surface area contributed by atoms with Gasteiger partial charge in [-0.25, -0.2) is 0 Å². The lowest BCUT2D eigenvalue weighted by molar-refractivity contribution is 0.0970. The molecule has 3 rings (SSSR count). The van der Waals surface area contributed by atoms with Gasteiger partial charge < -0.3 is 9.13 Å². The molecule has 1 aromatic heterocycles. The Labute approximate surface area is 149 Å². The predicted molar refractivity (Wildman–Crippen MR) is 95.5 cm³/mol. The number of nitrogens with zero attached hydrogens (tertiary/aromatic N) is 2. The van der Waals surface area contributed by atoms with E-state index in [-0.39, 0.29) is 17.9 Å².